The van der Waals surface area contributed by atoms with Gasteiger partial charge in [-0.05, 0) is 29.5 Å². The number of hydrogen-bond acceptors (Lipinski definition) is 6. The molecule has 4 aromatic rings. The van der Waals surface area contributed by atoms with Crippen molar-refractivity contribution in [2.24, 2.45) is 0 Å². The van der Waals surface area contributed by atoms with E-state index in [0.29, 0.717) is 42.8 Å². The van der Waals surface area contributed by atoms with Gasteiger partial charge in [-0.3, -0.25) is 4.79 Å². The van der Waals surface area contributed by atoms with E-state index in [1.54, 1.807) is 17.9 Å². The van der Waals surface area contributed by atoms with Crippen LogP contribution in [0.25, 0.3) is 11.0 Å². The van der Waals surface area contributed by atoms with Gasteiger partial charge in [0.25, 0.3) is 0 Å². The maximum atomic E-state index is 13.0. The van der Waals surface area contributed by atoms with Crippen molar-refractivity contribution in [2.45, 2.75) is 32.2 Å². The fourth-order valence-electron chi connectivity index (χ4n) is 4.43. The quantitative estimate of drug-likeness (QED) is 0.251. The van der Waals surface area contributed by atoms with E-state index in [9.17, 15) is 9.59 Å². The third-order valence-electron chi connectivity index (χ3n) is 6.53. The molecule has 0 saturated carbocycles. The van der Waals surface area contributed by atoms with Crippen molar-refractivity contribution < 1.29 is 19.1 Å². The van der Waals surface area contributed by atoms with E-state index in [0.717, 1.165) is 11.3 Å². The van der Waals surface area contributed by atoms with Crippen LogP contribution in [0.2, 0.25) is 0 Å². The Balaban J connectivity index is 1.65. The van der Waals surface area contributed by atoms with Gasteiger partial charge in [-0.2, -0.15) is 0 Å². The monoisotopic (exact) mass is 514 g/mol. The summed E-state index contributed by atoms with van der Waals surface area (Å²) in [5.74, 6) is -0.466. The molecule has 8 nitrogen and oxygen atoms in total. The van der Waals surface area contributed by atoms with Crippen molar-refractivity contribution >= 4 is 34.3 Å². The molecule has 0 bridgehead atoms. The molecule has 2 heterocycles. The largest absolute Gasteiger partial charge is 0.464 e. The normalized spacial score (nSPS) is 11.8. The number of amides is 1. The highest BCUT2D eigenvalue weighted by atomic mass is 16.5. The lowest BCUT2D eigenvalue weighted by Crippen LogP contribution is -2.18. The second kappa shape index (κ2) is 12.9. The van der Waals surface area contributed by atoms with Crippen LogP contribution in [0, 0.1) is 0 Å². The van der Waals surface area contributed by atoms with Crippen LogP contribution in [-0.4, -0.2) is 48.8 Å². The second-order valence-corrected chi connectivity index (χ2v) is 9.18. The topological polar surface area (TPSA) is 94.5 Å². The third kappa shape index (κ3) is 6.39. The van der Waals surface area contributed by atoms with Gasteiger partial charge in [-0.25, -0.2) is 9.78 Å². The van der Waals surface area contributed by atoms with Gasteiger partial charge in [-0.15, -0.1) is 0 Å². The number of anilines is 2. The van der Waals surface area contributed by atoms with Crippen molar-refractivity contribution in [1.82, 2.24) is 9.55 Å². The van der Waals surface area contributed by atoms with Gasteiger partial charge in [-0.1, -0.05) is 67.6 Å². The summed E-state index contributed by atoms with van der Waals surface area (Å²) in [4.78, 5) is 30.6. The SMILES string of the molecule is COCCn1c(C(=O)OC)c(NC(=O)CCc2ccccc2)c2cc(NC[C@@H](C)c3ccccc3)cnc21. The summed E-state index contributed by atoms with van der Waals surface area (Å²) in [6.45, 7) is 3.60. The number of rotatable bonds is 12. The fourth-order valence-corrected chi connectivity index (χ4v) is 4.43. The minimum absolute atomic E-state index is 0.194. The maximum Gasteiger partial charge on any atom is 0.356 e. The zero-order valence-electron chi connectivity index (χ0n) is 22.1. The van der Waals surface area contributed by atoms with Crippen molar-refractivity contribution in [3.63, 3.8) is 0 Å². The third-order valence-corrected chi connectivity index (χ3v) is 6.53. The Morgan fingerprint density at radius 3 is 2.42 bits per heavy atom. The molecule has 2 aromatic carbocycles. The van der Waals surface area contributed by atoms with Crippen LogP contribution < -0.4 is 10.6 Å². The number of ether oxygens (including phenoxy) is 2. The van der Waals surface area contributed by atoms with Gasteiger partial charge in [0.1, 0.15) is 5.65 Å². The number of carbonyl (C=O) groups excluding carboxylic acids is 2. The van der Waals surface area contributed by atoms with Crippen molar-refractivity contribution in [1.29, 1.82) is 0 Å². The number of nitrogens with zero attached hydrogens (tertiary/aromatic N) is 2. The number of carbonyl (C=O) groups is 2. The number of pyridine rings is 1. The smallest absolute Gasteiger partial charge is 0.356 e. The Bertz CT molecular complexity index is 1370. The van der Waals surface area contributed by atoms with Gasteiger partial charge < -0.3 is 24.7 Å². The summed E-state index contributed by atoms with van der Waals surface area (Å²) in [6, 6.07) is 22.0. The Kier molecular flexibility index (Phi) is 9.11. The summed E-state index contributed by atoms with van der Waals surface area (Å²) in [6.07, 6.45) is 2.60. The molecule has 2 aromatic heterocycles. The molecular weight excluding hydrogens is 480 g/mol. The van der Waals surface area contributed by atoms with E-state index < -0.39 is 5.97 Å². The number of aromatic nitrogens is 2. The van der Waals surface area contributed by atoms with Crippen molar-refractivity contribution in [3.8, 4) is 0 Å². The summed E-state index contributed by atoms with van der Waals surface area (Å²) in [5, 5.41) is 7.10. The highest BCUT2D eigenvalue weighted by Crippen LogP contribution is 2.33. The number of fused-ring (bicyclic) bond motifs is 1. The summed E-state index contributed by atoms with van der Waals surface area (Å²) < 4.78 is 12.1. The zero-order valence-corrected chi connectivity index (χ0v) is 22.1. The first kappa shape index (κ1) is 26.9. The van der Waals surface area contributed by atoms with Crippen LogP contribution in [0.1, 0.15) is 40.9 Å². The van der Waals surface area contributed by atoms with E-state index in [2.05, 4.69) is 34.7 Å². The van der Waals surface area contributed by atoms with Gasteiger partial charge >= 0.3 is 5.97 Å². The van der Waals surface area contributed by atoms with Gasteiger partial charge in [0.15, 0.2) is 5.69 Å². The van der Waals surface area contributed by atoms with Crippen molar-refractivity contribution in [3.05, 3.63) is 89.7 Å². The number of methoxy groups -OCH3 is 2. The van der Waals surface area contributed by atoms with Gasteiger partial charge in [0.05, 0.1) is 31.3 Å². The molecule has 0 aliphatic carbocycles. The first-order valence-corrected chi connectivity index (χ1v) is 12.7. The molecule has 1 amide bonds. The predicted octanol–water partition coefficient (Wildman–Crippen LogP) is 5.26. The molecule has 0 saturated heterocycles. The van der Waals surface area contributed by atoms with Gasteiger partial charge in [0.2, 0.25) is 5.91 Å². The second-order valence-electron chi connectivity index (χ2n) is 9.18. The highest BCUT2D eigenvalue weighted by Gasteiger charge is 2.26. The molecule has 38 heavy (non-hydrogen) atoms. The predicted molar refractivity (Wildman–Crippen MR) is 150 cm³/mol. The van der Waals surface area contributed by atoms with Crippen LogP contribution in [0.3, 0.4) is 0 Å². The average molecular weight is 515 g/mol. The standard InChI is InChI=1S/C30H34N4O4/c1-21(23-12-8-5-9-13-23)19-31-24-18-25-27(33-26(35)15-14-22-10-6-4-7-11-22)28(30(36)38-3)34(16-17-37-2)29(25)32-20-24/h4-13,18,20-21,31H,14-17,19H2,1-3H3,(H,33,35)/t21-/m1/s1. The number of benzene rings is 2. The van der Waals surface area contributed by atoms with Crippen LogP contribution in [-0.2, 0) is 27.2 Å². The first-order chi connectivity index (χ1) is 18.5. The minimum atomic E-state index is -0.551. The van der Waals surface area contributed by atoms with E-state index in [1.165, 1.54) is 12.7 Å². The van der Waals surface area contributed by atoms with Crippen LogP contribution in [0.4, 0.5) is 11.4 Å². The summed E-state index contributed by atoms with van der Waals surface area (Å²) in [7, 11) is 2.92. The molecular formula is C30H34N4O4. The van der Waals surface area contributed by atoms with E-state index >= 15 is 0 Å². The molecule has 198 valence electrons. The lowest BCUT2D eigenvalue weighted by atomic mass is 10.0. The lowest BCUT2D eigenvalue weighted by Gasteiger charge is -2.14. The molecule has 4 rings (SSSR count). The molecule has 0 radical (unpaired) electrons. The number of nitrogens with one attached hydrogen (secondary N) is 2. The molecule has 0 fully saturated rings. The number of hydrogen-bond donors (Lipinski definition) is 2. The lowest BCUT2D eigenvalue weighted by molar-refractivity contribution is -0.116. The molecule has 0 aliphatic rings. The Morgan fingerprint density at radius 1 is 1.03 bits per heavy atom. The van der Waals surface area contributed by atoms with Crippen LogP contribution in [0.15, 0.2) is 72.9 Å². The minimum Gasteiger partial charge on any atom is -0.464 e. The zero-order chi connectivity index (χ0) is 26.9. The van der Waals surface area contributed by atoms with Gasteiger partial charge in [0, 0.05) is 32.0 Å². The fraction of sp³-hybridized carbons (Fsp3) is 0.300. The highest BCUT2D eigenvalue weighted by molar-refractivity contribution is 6.11. The average Bonchev–Trinajstić information content (AvgIpc) is 3.26. The molecule has 1 atom stereocenters. The number of esters is 1. The Labute approximate surface area is 223 Å². The maximum absolute atomic E-state index is 13.0. The first-order valence-electron chi connectivity index (χ1n) is 12.7. The summed E-state index contributed by atoms with van der Waals surface area (Å²) in [5.41, 5.74) is 4.31. The molecule has 8 heteroatoms. The molecule has 0 spiro atoms. The number of aryl methyl sites for hydroxylation is 1. The summed E-state index contributed by atoms with van der Waals surface area (Å²) >= 11 is 0. The molecule has 2 N–H and O–H groups in total. The van der Waals surface area contributed by atoms with E-state index in [-0.39, 0.29) is 23.9 Å². The van der Waals surface area contributed by atoms with Crippen LogP contribution in [0.5, 0.6) is 0 Å². The Morgan fingerprint density at radius 2 is 1.74 bits per heavy atom. The van der Waals surface area contributed by atoms with Crippen molar-refractivity contribution in [2.75, 3.05) is 38.0 Å². The van der Waals surface area contributed by atoms with E-state index in [1.807, 2.05) is 54.6 Å². The van der Waals surface area contributed by atoms with E-state index in [4.69, 9.17) is 9.47 Å². The Hall–Kier alpha value is -4.17. The molecule has 0 unspecified atom stereocenters. The van der Waals surface area contributed by atoms with Crippen LogP contribution >= 0.6 is 0 Å². The molecule has 0 aliphatic heterocycles.